The van der Waals surface area contributed by atoms with Gasteiger partial charge in [0.15, 0.2) is 5.13 Å². The zero-order valence-corrected chi connectivity index (χ0v) is 9.70. The molecule has 0 aromatic carbocycles. The second-order valence-electron chi connectivity index (χ2n) is 2.63. The predicted molar refractivity (Wildman–Crippen MR) is 57.8 cm³/mol. The van der Waals surface area contributed by atoms with Gasteiger partial charge < -0.3 is 5.32 Å². The number of hydrogen-bond donors (Lipinski definition) is 1. The average molecular weight is 249 g/mol. The van der Waals surface area contributed by atoms with Crippen molar-refractivity contribution >= 4 is 32.4 Å². The molecule has 0 atom stereocenters. The third kappa shape index (κ3) is 2.75. The molecule has 1 aromatic rings. The van der Waals surface area contributed by atoms with Gasteiger partial charge in [-0.3, -0.25) is 0 Å². The van der Waals surface area contributed by atoms with Gasteiger partial charge >= 0.3 is 0 Å². The van der Waals surface area contributed by atoms with Crippen molar-refractivity contribution in [2.45, 2.75) is 32.7 Å². The van der Waals surface area contributed by atoms with E-state index < -0.39 is 0 Å². The second kappa shape index (κ2) is 4.82. The van der Waals surface area contributed by atoms with Crippen LogP contribution in [0.3, 0.4) is 0 Å². The van der Waals surface area contributed by atoms with E-state index in [2.05, 4.69) is 40.1 Å². The number of nitrogens with one attached hydrogen (secondary N) is 1. The van der Waals surface area contributed by atoms with E-state index in [4.69, 9.17) is 0 Å². The Hall–Kier alpha value is -0.0900. The van der Waals surface area contributed by atoms with Crippen LogP contribution < -0.4 is 5.32 Å². The largest absolute Gasteiger partial charge is 0.359 e. The van der Waals surface area contributed by atoms with Crippen molar-refractivity contribution in [1.82, 2.24) is 4.98 Å². The van der Waals surface area contributed by atoms with Gasteiger partial charge in [-0.1, -0.05) is 13.8 Å². The van der Waals surface area contributed by atoms with Crippen molar-refractivity contribution in [3.05, 3.63) is 9.98 Å². The summed E-state index contributed by atoms with van der Waals surface area (Å²) in [6.45, 7) is 4.37. The number of thiazole rings is 1. The lowest BCUT2D eigenvalue weighted by atomic mass is 10.2. The maximum absolute atomic E-state index is 4.27. The fraction of sp³-hybridized carbons (Fsp3) is 0.625. The Morgan fingerprint density at radius 1 is 1.58 bits per heavy atom. The molecule has 4 heteroatoms. The lowest BCUT2D eigenvalue weighted by Gasteiger charge is -2.12. The monoisotopic (exact) mass is 248 g/mol. The molecular formula is C8H13BrN2S. The van der Waals surface area contributed by atoms with E-state index in [1.807, 2.05) is 5.38 Å². The van der Waals surface area contributed by atoms with Crippen LogP contribution in [0.4, 0.5) is 5.13 Å². The molecule has 1 heterocycles. The van der Waals surface area contributed by atoms with Crippen LogP contribution in [0.2, 0.25) is 0 Å². The average Bonchev–Trinajstić information content (AvgIpc) is 2.47. The summed E-state index contributed by atoms with van der Waals surface area (Å²) < 4.78 is 0.918. The zero-order chi connectivity index (χ0) is 8.97. The summed E-state index contributed by atoms with van der Waals surface area (Å²) in [7, 11) is 0. The highest BCUT2D eigenvalue weighted by molar-refractivity contribution is 9.10. The molecule has 0 saturated carbocycles. The van der Waals surface area contributed by atoms with Gasteiger partial charge in [0, 0.05) is 11.4 Å². The SMILES string of the molecule is CCC(CC)Nc1nc(Br)cs1. The van der Waals surface area contributed by atoms with Crippen LogP contribution in [-0.2, 0) is 0 Å². The molecule has 2 nitrogen and oxygen atoms in total. The van der Waals surface area contributed by atoms with Gasteiger partial charge in [0.2, 0.25) is 0 Å². The highest BCUT2D eigenvalue weighted by Gasteiger charge is 2.05. The van der Waals surface area contributed by atoms with Gasteiger partial charge in [-0.05, 0) is 28.8 Å². The first kappa shape index (κ1) is 9.99. The molecule has 12 heavy (non-hydrogen) atoms. The number of rotatable bonds is 4. The van der Waals surface area contributed by atoms with Crippen LogP contribution in [0.15, 0.2) is 9.98 Å². The summed E-state index contributed by atoms with van der Waals surface area (Å²) in [5, 5.41) is 6.38. The van der Waals surface area contributed by atoms with Crippen LogP contribution in [0.1, 0.15) is 26.7 Å². The molecule has 1 N–H and O–H groups in total. The van der Waals surface area contributed by atoms with Gasteiger partial charge in [-0.15, -0.1) is 11.3 Å². The van der Waals surface area contributed by atoms with Crippen LogP contribution in [0, 0.1) is 0 Å². The molecular weight excluding hydrogens is 236 g/mol. The molecule has 0 saturated heterocycles. The lowest BCUT2D eigenvalue weighted by Crippen LogP contribution is -2.16. The van der Waals surface area contributed by atoms with Gasteiger partial charge in [0.1, 0.15) is 4.60 Å². The van der Waals surface area contributed by atoms with E-state index in [-0.39, 0.29) is 0 Å². The van der Waals surface area contributed by atoms with Gasteiger partial charge in [0.05, 0.1) is 0 Å². The maximum atomic E-state index is 4.27. The van der Waals surface area contributed by atoms with E-state index in [1.165, 1.54) is 0 Å². The van der Waals surface area contributed by atoms with Crippen LogP contribution in [-0.4, -0.2) is 11.0 Å². The normalized spacial score (nSPS) is 10.7. The lowest BCUT2D eigenvalue weighted by molar-refractivity contribution is 0.671. The Bertz CT molecular complexity index is 233. The molecule has 0 aliphatic heterocycles. The number of hydrogen-bond acceptors (Lipinski definition) is 3. The van der Waals surface area contributed by atoms with Crippen molar-refractivity contribution in [2.75, 3.05) is 5.32 Å². The summed E-state index contributed by atoms with van der Waals surface area (Å²) in [5.41, 5.74) is 0. The first-order chi connectivity index (χ1) is 5.76. The smallest absolute Gasteiger partial charge is 0.183 e. The molecule has 68 valence electrons. The zero-order valence-electron chi connectivity index (χ0n) is 7.30. The number of nitrogens with zero attached hydrogens (tertiary/aromatic N) is 1. The third-order valence-electron chi connectivity index (χ3n) is 1.79. The minimum Gasteiger partial charge on any atom is -0.359 e. The molecule has 0 fully saturated rings. The molecule has 1 rings (SSSR count). The van der Waals surface area contributed by atoms with E-state index in [1.54, 1.807) is 11.3 Å². The van der Waals surface area contributed by atoms with E-state index >= 15 is 0 Å². The standard InChI is InChI=1S/C8H13BrN2S/c1-3-6(4-2)10-8-11-7(9)5-12-8/h5-6H,3-4H2,1-2H3,(H,10,11). The van der Waals surface area contributed by atoms with Gasteiger partial charge in [-0.25, -0.2) is 4.98 Å². The quantitative estimate of drug-likeness (QED) is 0.883. The van der Waals surface area contributed by atoms with Crippen molar-refractivity contribution in [3.8, 4) is 0 Å². The minimum atomic E-state index is 0.558. The maximum Gasteiger partial charge on any atom is 0.183 e. The van der Waals surface area contributed by atoms with Crippen molar-refractivity contribution in [3.63, 3.8) is 0 Å². The molecule has 0 aliphatic carbocycles. The Morgan fingerprint density at radius 2 is 2.25 bits per heavy atom. The van der Waals surface area contributed by atoms with Crippen molar-refractivity contribution < 1.29 is 0 Å². The first-order valence-electron chi connectivity index (χ1n) is 4.13. The number of halogens is 1. The van der Waals surface area contributed by atoms with Crippen molar-refractivity contribution in [1.29, 1.82) is 0 Å². The molecule has 0 radical (unpaired) electrons. The minimum absolute atomic E-state index is 0.558. The molecule has 0 bridgehead atoms. The summed E-state index contributed by atoms with van der Waals surface area (Å²) in [6.07, 6.45) is 2.29. The van der Waals surface area contributed by atoms with E-state index in [0.717, 1.165) is 22.6 Å². The topological polar surface area (TPSA) is 24.9 Å². The second-order valence-corrected chi connectivity index (χ2v) is 4.30. The summed E-state index contributed by atoms with van der Waals surface area (Å²) in [4.78, 5) is 4.27. The van der Waals surface area contributed by atoms with Gasteiger partial charge in [0.25, 0.3) is 0 Å². The first-order valence-corrected chi connectivity index (χ1v) is 5.81. The Morgan fingerprint density at radius 3 is 2.67 bits per heavy atom. The summed E-state index contributed by atoms with van der Waals surface area (Å²) >= 11 is 4.96. The molecule has 0 spiro atoms. The fourth-order valence-corrected chi connectivity index (χ4v) is 2.21. The summed E-state index contributed by atoms with van der Waals surface area (Å²) in [5.74, 6) is 0. The predicted octanol–water partition coefficient (Wildman–Crippen LogP) is 3.51. The number of anilines is 1. The Labute approximate surface area is 85.5 Å². The van der Waals surface area contributed by atoms with E-state index in [0.29, 0.717) is 6.04 Å². The Kier molecular flexibility index (Phi) is 4.01. The molecule has 0 aliphatic rings. The summed E-state index contributed by atoms with van der Waals surface area (Å²) in [6, 6.07) is 0.558. The highest BCUT2D eigenvalue weighted by atomic mass is 79.9. The Balaban J connectivity index is 2.50. The molecule has 0 unspecified atom stereocenters. The highest BCUT2D eigenvalue weighted by Crippen LogP contribution is 2.20. The van der Waals surface area contributed by atoms with E-state index in [9.17, 15) is 0 Å². The molecule has 1 aromatic heterocycles. The van der Waals surface area contributed by atoms with Crippen LogP contribution in [0.5, 0.6) is 0 Å². The van der Waals surface area contributed by atoms with Gasteiger partial charge in [-0.2, -0.15) is 0 Å². The van der Waals surface area contributed by atoms with Crippen molar-refractivity contribution in [2.24, 2.45) is 0 Å². The molecule has 0 amide bonds. The third-order valence-corrected chi connectivity index (χ3v) is 3.27. The van der Waals surface area contributed by atoms with Crippen LogP contribution in [0.25, 0.3) is 0 Å². The van der Waals surface area contributed by atoms with Crippen LogP contribution >= 0.6 is 27.3 Å². The number of aromatic nitrogens is 1. The fourth-order valence-electron chi connectivity index (χ4n) is 0.988.